The van der Waals surface area contributed by atoms with E-state index in [1.165, 1.54) is 0 Å². The Kier molecular flexibility index (Phi) is 6.46. The van der Waals surface area contributed by atoms with E-state index in [-0.39, 0.29) is 17.4 Å². The summed E-state index contributed by atoms with van der Waals surface area (Å²) in [5, 5.41) is 6.55. The molecule has 0 unspecified atom stereocenters. The molecule has 1 aromatic carbocycles. The van der Waals surface area contributed by atoms with Gasteiger partial charge in [-0.3, -0.25) is 9.00 Å². The summed E-state index contributed by atoms with van der Waals surface area (Å²) in [6, 6.07) is 9.58. The van der Waals surface area contributed by atoms with E-state index in [0.29, 0.717) is 30.6 Å². The second kappa shape index (κ2) is 8.57. The average Bonchev–Trinajstić information content (AvgIpc) is 2.92. The molecule has 0 aliphatic carbocycles. The molecular weight excluding hydrogens is 314 g/mol. The van der Waals surface area contributed by atoms with Gasteiger partial charge in [0.15, 0.2) is 5.82 Å². The largest absolute Gasteiger partial charge is 0.351 e. The van der Waals surface area contributed by atoms with Gasteiger partial charge in [0.1, 0.15) is 5.75 Å². The van der Waals surface area contributed by atoms with Crippen LogP contribution >= 0.6 is 0 Å². The first-order valence-corrected chi connectivity index (χ1v) is 8.99. The Labute approximate surface area is 138 Å². The predicted molar refractivity (Wildman–Crippen MR) is 87.8 cm³/mol. The molecule has 7 heteroatoms. The predicted octanol–water partition coefficient (Wildman–Crippen LogP) is 1.83. The van der Waals surface area contributed by atoms with Crippen LogP contribution in [0.15, 0.2) is 34.9 Å². The zero-order valence-corrected chi connectivity index (χ0v) is 14.1. The molecule has 0 bridgehead atoms. The Bertz CT molecular complexity index is 656. The van der Waals surface area contributed by atoms with E-state index < -0.39 is 10.8 Å². The minimum Gasteiger partial charge on any atom is -0.351 e. The van der Waals surface area contributed by atoms with Crippen molar-refractivity contribution in [3.63, 3.8) is 0 Å². The van der Waals surface area contributed by atoms with E-state index in [9.17, 15) is 9.00 Å². The molecule has 0 saturated carbocycles. The molecule has 0 spiro atoms. The molecule has 0 saturated heterocycles. The molecule has 0 aliphatic heterocycles. The van der Waals surface area contributed by atoms with Crippen molar-refractivity contribution >= 4 is 16.7 Å². The highest BCUT2D eigenvalue weighted by atomic mass is 32.2. The molecule has 1 heterocycles. The first kappa shape index (κ1) is 17.3. The average molecular weight is 335 g/mol. The lowest BCUT2D eigenvalue weighted by molar-refractivity contribution is -0.118. The van der Waals surface area contributed by atoms with Crippen LogP contribution < -0.4 is 5.32 Å². The molecule has 124 valence electrons. The van der Waals surface area contributed by atoms with Crippen LogP contribution in [0.3, 0.4) is 0 Å². The lowest BCUT2D eigenvalue weighted by atomic mass is 10.1. The van der Waals surface area contributed by atoms with Crippen LogP contribution in [0.5, 0.6) is 0 Å². The summed E-state index contributed by atoms with van der Waals surface area (Å²) in [5.41, 5.74) is 1.00. The molecule has 23 heavy (non-hydrogen) atoms. The number of nitrogens with zero attached hydrogens (tertiary/aromatic N) is 2. The van der Waals surface area contributed by atoms with Crippen molar-refractivity contribution in [1.82, 2.24) is 15.5 Å². The van der Waals surface area contributed by atoms with Crippen LogP contribution in [0.2, 0.25) is 0 Å². The van der Waals surface area contributed by atoms with Gasteiger partial charge in [-0.25, -0.2) is 0 Å². The lowest BCUT2D eigenvalue weighted by Gasteiger charge is -2.04. The Hall–Kier alpha value is -2.02. The Morgan fingerprint density at radius 2 is 2.04 bits per heavy atom. The third kappa shape index (κ3) is 6.32. The third-order valence-electron chi connectivity index (χ3n) is 3.01. The zero-order chi connectivity index (χ0) is 16.7. The van der Waals surface area contributed by atoms with Gasteiger partial charge in [-0.1, -0.05) is 49.3 Å². The summed E-state index contributed by atoms with van der Waals surface area (Å²) in [5.74, 6) is 1.15. The minimum atomic E-state index is -1.36. The first-order chi connectivity index (χ1) is 11.0. The minimum absolute atomic E-state index is 0.0686. The number of amides is 1. The highest BCUT2D eigenvalue weighted by molar-refractivity contribution is 7.84. The van der Waals surface area contributed by atoms with Gasteiger partial charge in [0, 0.05) is 23.8 Å². The summed E-state index contributed by atoms with van der Waals surface area (Å²) in [6.07, 6.45) is 0.692. The Balaban J connectivity index is 1.75. The number of hydrogen-bond acceptors (Lipinski definition) is 5. The number of carbonyl (C=O) groups is 1. The van der Waals surface area contributed by atoms with Crippen molar-refractivity contribution < 1.29 is 13.5 Å². The second-order valence-electron chi connectivity index (χ2n) is 5.69. The molecular formula is C16H21N3O3S. The number of hydrogen-bond donors (Lipinski definition) is 1. The van der Waals surface area contributed by atoms with Crippen LogP contribution in [0.4, 0.5) is 0 Å². The van der Waals surface area contributed by atoms with Crippen molar-refractivity contribution in [3.05, 3.63) is 47.6 Å². The molecule has 1 N–H and O–H groups in total. The van der Waals surface area contributed by atoms with Gasteiger partial charge in [0.2, 0.25) is 11.8 Å². The van der Waals surface area contributed by atoms with E-state index in [1.807, 2.05) is 30.3 Å². The molecule has 2 aromatic rings. The normalized spacial score (nSPS) is 12.3. The molecule has 2 rings (SSSR count). The summed E-state index contributed by atoms with van der Waals surface area (Å²) in [4.78, 5) is 16.0. The van der Waals surface area contributed by atoms with Crippen molar-refractivity contribution in [2.75, 3.05) is 5.75 Å². The van der Waals surface area contributed by atoms with Gasteiger partial charge in [0.05, 0.1) is 5.75 Å². The third-order valence-corrected chi connectivity index (χ3v) is 4.17. The van der Waals surface area contributed by atoms with Crippen molar-refractivity contribution in [1.29, 1.82) is 0 Å². The standard InChI is InChI=1S/C16H21N3O3S/c1-12(2)8-16-18-14(19-22-16)10-23(21)11-15(20)17-9-13-6-4-3-5-7-13/h3-7,12H,8-11H2,1-2H3,(H,17,20)/t23-/m0/s1. The SMILES string of the molecule is CC(C)Cc1nc(C[S@](=O)CC(=O)NCc2ccccc2)no1. The van der Waals surface area contributed by atoms with Crippen LogP contribution in [-0.2, 0) is 34.3 Å². The van der Waals surface area contributed by atoms with E-state index in [0.717, 1.165) is 5.56 Å². The summed E-state index contributed by atoms with van der Waals surface area (Å²) in [7, 11) is -1.36. The molecule has 0 fully saturated rings. The maximum Gasteiger partial charge on any atom is 0.232 e. The zero-order valence-electron chi connectivity index (χ0n) is 13.3. The maximum atomic E-state index is 12.0. The fraction of sp³-hybridized carbons (Fsp3) is 0.438. The van der Waals surface area contributed by atoms with E-state index >= 15 is 0 Å². The molecule has 0 aliphatic rings. The van der Waals surface area contributed by atoms with Crippen molar-refractivity contribution in [2.24, 2.45) is 5.92 Å². The number of rotatable bonds is 8. The number of aromatic nitrogens is 2. The van der Waals surface area contributed by atoms with Crippen molar-refractivity contribution in [2.45, 2.75) is 32.6 Å². The highest BCUT2D eigenvalue weighted by Crippen LogP contribution is 2.07. The lowest BCUT2D eigenvalue weighted by Crippen LogP contribution is -2.28. The molecule has 0 radical (unpaired) electrons. The Morgan fingerprint density at radius 3 is 2.74 bits per heavy atom. The number of benzene rings is 1. The number of nitrogens with one attached hydrogen (secondary N) is 1. The van der Waals surface area contributed by atoms with Gasteiger partial charge in [-0.2, -0.15) is 4.98 Å². The fourth-order valence-electron chi connectivity index (χ4n) is 1.97. The van der Waals surface area contributed by atoms with Gasteiger partial charge >= 0.3 is 0 Å². The van der Waals surface area contributed by atoms with Crippen molar-refractivity contribution in [3.8, 4) is 0 Å². The van der Waals surface area contributed by atoms with E-state index in [4.69, 9.17) is 4.52 Å². The molecule has 1 atom stereocenters. The summed E-state index contributed by atoms with van der Waals surface area (Å²) < 4.78 is 17.1. The molecule has 6 nitrogen and oxygen atoms in total. The molecule has 1 aromatic heterocycles. The second-order valence-corrected chi connectivity index (χ2v) is 7.15. The van der Waals surface area contributed by atoms with Gasteiger partial charge in [0.25, 0.3) is 0 Å². The monoisotopic (exact) mass is 335 g/mol. The number of carbonyl (C=O) groups excluding carboxylic acids is 1. The Morgan fingerprint density at radius 1 is 1.30 bits per heavy atom. The quantitative estimate of drug-likeness (QED) is 0.795. The topological polar surface area (TPSA) is 85.1 Å². The van der Waals surface area contributed by atoms with Gasteiger partial charge in [-0.15, -0.1) is 0 Å². The smallest absolute Gasteiger partial charge is 0.232 e. The molecule has 1 amide bonds. The van der Waals surface area contributed by atoms with E-state index in [1.54, 1.807) is 0 Å². The van der Waals surface area contributed by atoms with Crippen LogP contribution in [0, 0.1) is 5.92 Å². The van der Waals surface area contributed by atoms with Crippen LogP contribution in [0.1, 0.15) is 31.1 Å². The van der Waals surface area contributed by atoms with Gasteiger partial charge in [-0.05, 0) is 11.5 Å². The van der Waals surface area contributed by atoms with Crippen LogP contribution in [-0.4, -0.2) is 26.0 Å². The fourth-order valence-corrected chi connectivity index (χ4v) is 2.87. The summed E-state index contributed by atoms with van der Waals surface area (Å²) in [6.45, 7) is 4.54. The highest BCUT2D eigenvalue weighted by Gasteiger charge is 2.13. The maximum absolute atomic E-state index is 12.0. The van der Waals surface area contributed by atoms with Crippen LogP contribution in [0.25, 0.3) is 0 Å². The van der Waals surface area contributed by atoms with E-state index in [2.05, 4.69) is 29.3 Å². The van der Waals surface area contributed by atoms with Gasteiger partial charge < -0.3 is 9.84 Å². The summed E-state index contributed by atoms with van der Waals surface area (Å²) >= 11 is 0. The first-order valence-electron chi connectivity index (χ1n) is 7.50.